The molecule has 1 aromatic rings. The molecule has 1 fully saturated rings. The van der Waals surface area contributed by atoms with E-state index in [2.05, 4.69) is 10.2 Å². The number of imide groups is 1. The zero-order valence-electron chi connectivity index (χ0n) is 13.1. The molecule has 0 spiro atoms. The van der Waals surface area contributed by atoms with Crippen molar-refractivity contribution in [2.45, 2.75) is 32.2 Å². The van der Waals surface area contributed by atoms with Crippen molar-refractivity contribution < 1.29 is 18.8 Å². The van der Waals surface area contributed by atoms with Crippen molar-refractivity contribution in [1.82, 2.24) is 15.5 Å². The summed E-state index contributed by atoms with van der Waals surface area (Å²) >= 11 is 0. The van der Waals surface area contributed by atoms with Crippen LogP contribution in [0.15, 0.2) is 16.5 Å². The molecule has 0 unspecified atom stereocenters. The molecule has 1 saturated heterocycles. The monoisotopic (exact) mass is 322 g/mol. The normalized spacial score (nSPS) is 16.0. The van der Waals surface area contributed by atoms with E-state index in [-0.39, 0.29) is 24.3 Å². The lowest BCUT2D eigenvalue weighted by molar-refractivity contribution is -0.120. The zero-order valence-corrected chi connectivity index (χ0v) is 13.1. The molecule has 0 radical (unpaired) electrons. The molecule has 1 aliphatic heterocycles. The molecule has 8 heteroatoms. The van der Waals surface area contributed by atoms with Gasteiger partial charge in [0.1, 0.15) is 5.76 Å². The Kier molecular flexibility index (Phi) is 5.75. The van der Waals surface area contributed by atoms with E-state index in [0.29, 0.717) is 18.1 Å². The Morgan fingerprint density at radius 2 is 2.00 bits per heavy atom. The van der Waals surface area contributed by atoms with Gasteiger partial charge in [0.2, 0.25) is 5.91 Å². The second kappa shape index (κ2) is 7.77. The number of amides is 4. The first-order chi connectivity index (χ1) is 10.9. The first kappa shape index (κ1) is 17.0. The summed E-state index contributed by atoms with van der Waals surface area (Å²) in [4.78, 5) is 36.0. The molecule has 0 bridgehead atoms. The number of carbonyl (C=O) groups is 3. The Labute approximate surface area is 134 Å². The molecule has 0 aliphatic carbocycles. The van der Waals surface area contributed by atoms with E-state index in [1.165, 1.54) is 0 Å². The highest BCUT2D eigenvalue weighted by Gasteiger charge is 2.22. The second-order valence-corrected chi connectivity index (χ2v) is 5.66. The van der Waals surface area contributed by atoms with Crippen LogP contribution >= 0.6 is 0 Å². The van der Waals surface area contributed by atoms with E-state index < -0.39 is 6.03 Å². The summed E-state index contributed by atoms with van der Waals surface area (Å²) in [6.45, 7) is 3.93. The molecular formula is C15H22N4O4. The minimum absolute atomic E-state index is 0.101. The molecule has 2 heterocycles. The van der Waals surface area contributed by atoms with Crippen LogP contribution in [0.3, 0.4) is 0 Å². The number of nitrogens with zero attached hydrogens (tertiary/aromatic N) is 1. The maximum Gasteiger partial charge on any atom is 0.318 e. The molecule has 8 nitrogen and oxygen atoms in total. The smallest absolute Gasteiger partial charge is 0.318 e. The Morgan fingerprint density at radius 1 is 1.30 bits per heavy atom. The summed E-state index contributed by atoms with van der Waals surface area (Å²) < 4.78 is 5.30. The summed E-state index contributed by atoms with van der Waals surface area (Å²) in [5, 5.41) is 5.00. The van der Waals surface area contributed by atoms with E-state index in [0.717, 1.165) is 25.9 Å². The third kappa shape index (κ3) is 5.41. The van der Waals surface area contributed by atoms with Crippen LogP contribution in [0.4, 0.5) is 4.79 Å². The van der Waals surface area contributed by atoms with E-state index in [1.807, 2.05) is 5.32 Å². The largest absolute Gasteiger partial charge is 0.456 e. The molecule has 1 aliphatic rings. The fourth-order valence-corrected chi connectivity index (χ4v) is 2.57. The third-order valence-electron chi connectivity index (χ3n) is 3.80. The van der Waals surface area contributed by atoms with Gasteiger partial charge in [0.25, 0.3) is 5.91 Å². The Balaban J connectivity index is 1.68. The van der Waals surface area contributed by atoms with Gasteiger partial charge in [0, 0.05) is 32.1 Å². The van der Waals surface area contributed by atoms with Crippen molar-refractivity contribution in [3.63, 3.8) is 0 Å². The van der Waals surface area contributed by atoms with Gasteiger partial charge >= 0.3 is 6.03 Å². The van der Waals surface area contributed by atoms with Crippen LogP contribution in [0.1, 0.15) is 35.6 Å². The Bertz CT molecular complexity index is 576. The minimum Gasteiger partial charge on any atom is -0.456 e. The van der Waals surface area contributed by atoms with Gasteiger partial charge in [-0.3, -0.25) is 14.9 Å². The average molecular weight is 322 g/mol. The second-order valence-electron chi connectivity index (χ2n) is 5.66. The van der Waals surface area contributed by atoms with Crippen LogP contribution in [0, 0.1) is 6.92 Å². The number of carbonyl (C=O) groups excluding carboxylic acids is 3. The predicted molar refractivity (Wildman–Crippen MR) is 82.7 cm³/mol. The molecule has 126 valence electrons. The third-order valence-corrected chi connectivity index (χ3v) is 3.80. The lowest BCUT2D eigenvalue weighted by Crippen LogP contribution is -2.45. The number of nitrogens with one attached hydrogen (secondary N) is 2. The summed E-state index contributed by atoms with van der Waals surface area (Å²) in [6, 6.07) is 2.69. The van der Waals surface area contributed by atoms with Crippen molar-refractivity contribution >= 4 is 17.8 Å². The van der Waals surface area contributed by atoms with Gasteiger partial charge in [-0.1, -0.05) is 0 Å². The molecule has 0 atom stereocenters. The van der Waals surface area contributed by atoms with E-state index in [1.54, 1.807) is 19.1 Å². The number of hydrogen-bond acceptors (Lipinski definition) is 5. The van der Waals surface area contributed by atoms with Gasteiger partial charge in [-0.05, 0) is 31.9 Å². The molecule has 1 aromatic heterocycles. The fraction of sp³-hybridized carbons (Fsp3) is 0.533. The quantitative estimate of drug-likeness (QED) is 0.724. The first-order valence-electron chi connectivity index (χ1n) is 7.63. The van der Waals surface area contributed by atoms with E-state index in [9.17, 15) is 14.4 Å². The fourth-order valence-electron chi connectivity index (χ4n) is 2.57. The molecule has 2 rings (SSSR count). The number of furan rings is 1. The summed E-state index contributed by atoms with van der Waals surface area (Å²) in [6.07, 6.45) is 1.84. The van der Waals surface area contributed by atoms with Crippen LogP contribution in [0.25, 0.3) is 0 Å². The molecule has 4 N–H and O–H groups in total. The van der Waals surface area contributed by atoms with Gasteiger partial charge in [0.05, 0.1) is 0 Å². The Morgan fingerprint density at radius 3 is 2.57 bits per heavy atom. The first-order valence-corrected chi connectivity index (χ1v) is 7.63. The Hall–Kier alpha value is -2.35. The summed E-state index contributed by atoms with van der Waals surface area (Å²) in [7, 11) is 0. The van der Waals surface area contributed by atoms with Crippen LogP contribution in [-0.4, -0.2) is 48.4 Å². The minimum atomic E-state index is -0.829. The molecule has 0 aromatic carbocycles. The summed E-state index contributed by atoms with van der Waals surface area (Å²) in [5.74, 6) is 0.464. The maximum atomic E-state index is 12.0. The predicted octanol–water partition coefficient (Wildman–Crippen LogP) is 0.367. The van der Waals surface area contributed by atoms with Crippen LogP contribution in [0.5, 0.6) is 0 Å². The SMILES string of the molecule is Cc1ccc(C(=O)NC2CCN(CCC(=O)NC(N)=O)CC2)o1. The average Bonchev–Trinajstić information content (AvgIpc) is 2.92. The van der Waals surface area contributed by atoms with Gasteiger partial charge in [-0.15, -0.1) is 0 Å². The number of urea groups is 1. The molecule has 4 amide bonds. The topological polar surface area (TPSA) is 118 Å². The van der Waals surface area contributed by atoms with E-state index in [4.69, 9.17) is 10.2 Å². The van der Waals surface area contributed by atoms with Crippen LogP contribution < -0.4 is 16.4 Å². The van der Waals surface area contributed by atoms with Crippen molar-refractivity contribution in [3.05, 3.63) is 23.7 Å². The highest BCUT2D eigenvalue weighted by Crippen LogP contribution is 2.12. The molecular weight excluding hydrogens is 300 g/mol. The van der Waals surface area contributed by atoms with Crippen LogP contribution in [0.2, 0.25) is 0 Å². The highest BCUT2D eigenvalue weighted by molar-refractivity contribution is 5.93. The van der Waals surface area contributed by atoms with Gasteiger partial charge < -0.3 is 20.4 Å². The number of likely N-dealkylation sites (tertiary alicyclic amines) is 1. The molecule has 0 saturated carbocycles. The van der Waals surface area contributed by atoms with Gasteiger partial charge in [-0.2, -0.15) is 0 Å². The highest BCUT2D eigenvalue weighted by atomic mass is 16.3. The van der Waals surface area contributed by atoms with Gasteiger partial charge in [-0.25, -0.2) is 4.79 Å². The number of rotatable bonds is 5. The number of hydrogen-bond donors (Lipinski definition) is 3. The maximum absolute atomic E-state index is 12.0. The standard InChI is InChI=1S/C15H22N4O4/c1-10-2-3-12(23-10)14(21)17-11-4-7-19(8-5-11)9-6-13(20)18-15(16)22/h2-3,11H,4-9H2,1H3,(H,17,21)(H3,16,18,20,22). The number of aryl methyl sites for hydroxylation is 1. The number of primary amides is 1. The molecule has 23 heavy (non-hydrogen) atoms. The van der Waals surface area contributed by atoms with Crippen molar-refractivity contribution in [3.8, 4) is 0 Å². The lowest BCUT2D eigenvalue weighted by Gasteiger charge is -2.31. The number of nitrogens with two attached hydrogens (primary N) is 1. The number of piperidine rings is 1. The van der Waals surface area contributed by atoms with Gasteiger partial charge in [0.15, 0.2) is 5.76 Å². The van der Waals surface area contributed by atoms with Crippen molar-refractivity contribution in [2.75, 3.05) is 19.6 Å². The van der Waals surface area contributed by atoms with Crippen molar-refractivity contribution in [2.24, 2.45) is 5.73 Å². The summed E-state index contributed by atoms with van der Waals surface area (Å²) in [5.41, 5.74) is 4.88. The zero-order chi connectivity index (χ0) is 16.8. The lowest BCUT2D eigenvalue weighted by atomic mass is 10.0. The van der Waals surface area contributed by atoms with Crippen molar-refractivity contribution in [1.29, 1.82) is 0 Å². The van der Waals surface area contributed by atoms with E-state index >= 15 is 0 Å². The van der Waals surface area contributed by atoms with Crippen LogP contribution in [-0.2, 0) is 4.79 Å².